The fraction of sp³-hybridized carbons (Fsp3) is 1.00. The van der Waals surface area contributed by atoms with Crippen LogP contribution in [0.4, 0.5) is 0 Å². The molecular weight excluding hydrogens is 260 g/mol. The van der Waals surface area contributed by atoms with E-state index < -0.39 is 5.60 Å². The summed E-state index contributed by atoms with van der Waals surface area (Å²) in [6.07, 6.45) is 8.76. The zero-order valence-electron chi connectivity index (χ0n) is 14.5. The van der Waals surface area contributed by atoms with E-state index in [1.165, 1.54) is 45.2 Å². The third-order valence-corrected chi connectivity index (χ3v) is 5.57. The lowest BCUT2D eigenvalue weighted by molar-refractivity contribution is -0.0345. The van der Waals surface area contributed by atoms with Crippen molar-refractivity contribution < 1.29 is 5.11 Å². The Morgan fingerprint density at radius 3 is 2.57 bits per heavy atom. The maximum Gasteiger partial charge on any atom is 0.0746 e. The van der Waals surface area contributed by atoms with Crippen molar-refractivity contribution in [2.45, 2.75) is 71.3 Å². The smallest absolute Gasteiger partial charge is 0.0746 e. The van der Waals surface area contributed by atoms with Crippen LogP contribution in [0.5, 0.6) is 0 Å². The molecule has 1 aliphatic carbocycles. The van der Waals surface area contributed by atoms with E-state index in [1.54, 1.807) is 0 Å². The van der Waals surface area contributed by atoms with E-state index >= 15 is 0 Å². The Bertz CT molecular complexity index is 308. The summed E-state index contributed by atoms with van der Waals surface area (Å²) in [5.41, 5.74) is -0.0344. The zero-order chi connectivity index (χ0) is 15.3. The highest BCUT2D eigenvalue weighted by atomic mass is 16.3. The number of likely N-dealkylation sites (tertiary alicyclic amines) is 1. The Morgan fingerprint density at radius 1 is 1.24 bits per heavy atom. The van der Waals surface area contributed by atoms with Gasteiger partial charge in [-0.25, -0.2) is 0 Å². The molecule has 3 heteroatoms. The number of rotatable bonds is 6. The van der Waals surface area contributed by atoms with Crippen LogP contribution >= 0.6 is 0 Å². The second-order valence-electron chi connectivity index (χ2n) is 8.17. The first-order valence-electron chi connectivity index (χ1n) is 9.10. The second-order valence-corrected chi connectivity index (χ2v) is 8.17. The molecule has 1 unspecified atom stereocenters. The molecule has 0 amide bonds. The predicted molar refractivity (Wildman–Crippen MR) is 89.5 cm³/mol. The Balaban J connectivity index is 1.94. The molecule has 124 valence electrons. The quantitative estimate of drug-likeness (QED) is 0.740. The Hall–Kier alpha value is -0.120. The van der Waals surface area contributed by atoms with Crippen LogP contribution in [0.3, 0.4) is 0 Å². The van der Waals surface area contributed by atoms with Crippen molar-refractivity contribution in [3.63, 3.8) is 0 Å². The number of β-amino-alcohol motifs (C(OH)–C–C–N with tert-alkyl or cyclic N) is 1. The lowest BCUT2D eigenvalue weighted by atomic mass is 9.70. The molecule has 2 N–H and O–H groups in total. The van der Waals surface area contributed by atoms with E-state index in [0.29, 0.717) is 5.41 Å². The van der Waals surface area contributed by atoms with Gasteiger partial charge in [-0.15, -0.1) is 0 Å². The number of nitrogens with zero attached hydrogens (tertiary/aromatic N) is 1. The summed E-state index contributed by atoms with van der Waals surface area (Å²) in [4.78, 5) is 2.53. The van der Waals surface area contributed by atoms with Gasteiger partial charge in [-0.05, 0) is 63.5 Å². The van der Waals surface area contributed by atoms with Crippen LogP contribution in [0.1, 0.15) is 65.7 Å². The normalized spacial score (nSPS) is 38.6. The number of aliphatic hydroxyl groups is 1. The van der Waals surface area contributed by atoms with Gasteiger partial charge in [-0.1, -0.05) is 26.7 Å². The van der Waals surface area contributed by atoms with Crippen molar-refractivity contribution >= 4 is 0 Å². The summed E-state index contributed by atoms with van der Waals surface area (Å²) in [6.45, 7) is 12.1. The minimum Gasteiger partial charge on any atom is -0.389 e. The first-order valence-corrected chi connectivity index (χ1v) is 9.10. The fourth-order valence-electron chi connectivity index (χ4n) is 4.23. The van der Waals surface area contributed by atoms with E-state index in [9.17, 15) is 5.11 Å². The van der Waals surface area contributed by atoms with Crippen LogP contribution < -0.4 is 5.32 Å². The monoisotopic (exact) mass is 296 g/mol. The molecule has 0 radical (unpaired) electrons. The van der Waals surface area contributed by atoms with Gasteiger partial charge in [0.2, 0.25) is 0 Å². The van der Waals surface area contributed by atoms with E-state index in [-0.39, 0.29) is 0 Å². The molecular formula is C18H36N2O. The molecule has 2 fully saturated rings. The minimum atomic E-state index is -0.474. The van der Waals surface area contributed by atoms with Crippen LogP contribution in [0.2, 0.25) is 0 Å². The highest BCUT2D eigenvalue weighted by Crippen LogP contribution is 2.40. The molecule has 1 saturated heterocycles. The summed E-state index contributed by atoms with van der Waals surface area (Å²) in [5.74, 6) is 0.897. The van der Waals surface area contributed by atoms with Gasteiger partial charge in [0.1, 0.15) is 0 Å². The van der Waals surface area contributed by atoms with Gasteiger partial charge in [0.15, 0.2) is 0 Å². The molecule has 0 aromatic carbocycles. The number of nitrogens with one attached hydrogen (secondary N) is 1. The van der Waals surface area contributed by atoms with E-state index in [4.69, 9.17) is 0 Å². The van der Waals surface area contributed by atoms with E-state index in [1.807, 2.05) is 6.92 Å². The SMILES string of the molecule is CCCNCC1(CN2CCCC(C)(O)C2)CCC(C)CC1. The van der Waals surface area contributed by atoms with Gasteiger partial charge in [0, 0.05) is 19.6 Å². The average Bonchev–Trinajstić information content (AvgIpc) is 2.41. The molecule has 1 atom stereocenters. The minimum absolute atomic E-state index is 0.440. The molecule has 1 aliphatic heterocycles. The zero-order valence-corrected chi connectivity index (χ0v) is 14.5. The molecule has 1 heterocycles. The Labute approximate surface area is 131 Å². The second kappa shape index (κ2) is 7.43. The third-order valence-electron chi connectivity index (χ3n) is 5.57. The molecule has 21 heavy (non-hydrogen) atoms. The van der Waals surface area contributed by atoms with Crippen molar-refractivity contribution in [2.75, 3.05) is 32.7 Å². The fourth-order valence-corrected chi connectivity index (χ4v) is 4.23. The third kappa shape index (κ3) is 5.22. The number of hydrogen-bond donors (Lipinski definition) is 2. The average molecular weight is 296 g/mol. The standard InChI is InChI=1S/C18H36N2O/c1-4-11-19-13-18(9-6-16(2)7-10-18)15-20-12-5-8-17(3,21)14-20/h16,19,21H,4-15H2,1-3H3. The van der Waals surface area contributed by atoms with Gasteiger partial charge in [-0.2, -0.15) is 0 Å². The van der Waals surface area contributed by atoms with Gasteiger partial charge in [0.25, 0.3) is 0 Å². The van der Waals surface area contributed by atoms with Gasteiger partial charge in [-0.3, -0.25) is 4.90 Å². The van der Waals surface area contributed by atoms with Crippen molar-refractivity contribution in [2.24, 2.45) is 11.3 Å². The highest BCUT2D eigenvalue weighted by molar-refractivity contribution is 4.92. The predicted octanol–water partition coefficient (Wildman–Crippen LogP) is 3.03. The van der Waals surface area contributed by atoms with Crippen LogP contribution in [0.15, 0.2) is 0 Å². The van der Waals surface area contributed by atoms with Crippen LogP contribution in [0.25, 0.3) is 0 Å². The summed E-state index contributed by atoms with van der Waals surface area (Å²) >= 11 is 0. The first-order chi connectivity index (χ1) is 9.95. The summed E-state index contributed by atoms with van der Waals surface area (Å²) in [5, 5.41) is 14.0. The Kier molecular flexibility index (Phi) is 6.10. The molecule has 3 nitrogen and oxygen atoms in total. The van der Waals surface area contributed by atoms with Crippen molar-refractivity contribution in [1.29, 1.82) is 0 Å². The first kappa shape index (κ1) is 17.2. The molecule has 2 rings (SSSR count). The lowest BCUT2D eigenvalue weighted by Crippen LogP contribution is -2.52. The van der Waals surface area contributed by atoms with Gasteiger partial charge >= 0.3 is 0 Å². The van der Waals surface area contributed by atoms with Crippen LogP contribution in [0, 0.1) is 11.3 Å². The van der Waals surface area contributed by atoms with Gasteiger partial charge < -0.3 is 10.4 Å². The van der Waals surface area contributed by atoms with Crippen molar-refractivity contribution in [1.82, 2.24) is 10.2 Å². The summed E-state index contributed by atoms with van der Waals surface area (Å²) in [6, 6.07) is 0. The topological polar surface area (TPSA) is 35.5 Å². The van der Waals surface area contributed by atoms with E-state index in [0.717, 1.165) is 38.4 Å². The lowest BCUT2D eigenvalue weighted by Gasteiger charge is -2.46. The molecule has 0 aromatic heterocycles. The summed E-state index contributed by atoms with van der Waals surface area (Å²) in [7, 11) is 0. The molecule has 0 spiro atoms. The summed E-state index contributed by atoms with van der Waals surface area (Å²) < 4.78 is 0. The van der Waals surface area contributed by atoms with Crippen LogP contribution in [-0.2, 0) is 0 Å². The van der Waals surface area contributed by atoms with Crippen LogP contribution in [-0.4, -0.2) is 48.3 Å². The number of hydrogen-bond acceptors (Lipinski definition) is 3. The van der Waals surface area contributed by atoms with Crippen molar-refractivity contribution in [3.05, 3.63) is 0 Å². The van der Waals surface area contributed by atoms with Gasteiger partial charge in [0.05, 0.1) is 5.60 Å². The highest BCUT2D eigenvalue weighted by Gasteiger charge is 2.38. The Morgan fingerprint density at radius 2 is 1.95 bits per heavy atom. The van der Waals surface area contributed by atoms with Crippen molar-refractivity contribution in [3.8, 4) is 0 Å². The molecule has 0 aromatic rings. The molecule has 0 bridgehead atoms. The largest absolute Gasteiger partial charge is 0.389 e. The molecule has 1 saturated carbocycles. The maximum absolute atomic E-state index is 10.4. The molecule has 2 aliphatic rings. The maximum atomic E-state index is 10.4. The van der Waals surface area contributed by atoms with E-state index in [2.05, 4.69) is 24.1 Å². The number of piperidine rings is 1.